The Morgan fingerprint density at radius 2 is 1.83 bits per heavy atom. The molecule has 0 saturated carbocycles. The van der Waals surface area contributed by atoms with E-state index in [1.807, 2.05) is 20.9 Å². The topological polar surface area (TPSA) is 129 Å². The number of likely N-dealkylation sites (N-methyl/N-ethyl adjacent to an activating group) is 1. The van der Waals surface area contributed by atoms with Gasteiger partial charge in [-0.3, -0.25) is 4.79 Å². The molecule has 2 unspecified atom stereocenters. The molecule has 0 aromatic heterocycles. The minimum absolute atomic E-state index is 0.0144. The number of carbonyl (C=O) groups excluding carboxylic acids is 2. The van der Waals surface area contributed by atoms with Gasteiger partial charge in [0.15, 0.2) is 6.29 Å². The Morgan fingerprint density at radius 3 is 2.34 bits per heavy atom. The van der Waals surface area contributed by atoms with Crippen molar-refractivity contribution in [2.75, 3.05) is 46.4 Å². The van der Waals surface area contributed by atoms with E-state index in [4.69, 9.17) is 20.9 Å². The van der Waals surface area contributed by atoms with E-state index in [2.05, 4.69) is 10.6 Å². The first-order valence-electron chi connectivity index (χ1n) is 11.2. The maximum absolute atomic E-state index is 11.6. The molecule has 1 rings (SSSR count). The average Bonchev–Trinajstić information content (AvgIpc) is 2.77. The summed E-state index contributed by atoms with van der Waals surface area (Å²) >= 11 is 0. The third-order valence-electron chi connectivity index (χ3n) is 4.19. The highest BCUT2D eigenvalue weighted by atomic mass is 16.7. The number of amides is 1. The summed E-state index contributed by atoms with van der Waals surface area (Å²) < 4.78 is 11.2. The Balaban J connectivity index is 0. The van der Waals surface area contributed by atoms with Gasteiger partial charge in [0.25, 0.3) is 0 Å². The molecule has 2 atom stereocenters. The monoisotopic (exact) mass is 418 g/mol. The SMILES string of the molecule is CC.CNCCN.NCCNC(=O)C(C=O)CCCCCCOC1CCCCO1. The number of hydrogen-bond donors (Lipinski definition) is 4. The van der Waals surface area contributed by atoms with Gasteiger partial charge >= 0.3 is 0 Å². The zero-order valence-corrected chi connectivity index (χ0v) is 18.9. The highest BCUT2D eigenvalue weighted by molar-refractivity contribution is 5.91. The molecular weight excluding hydrogens is 372 g/mol. The van der Waals surface area contributed by atoms with Crippen molar-refractivity contribution >= 4 is 12.2 Å². The lowest BCUT2D eigenvalue weighted by Gasteiger charge is -2.22. The van der Waals surface area contributed by atoms with E-state index in [0.29, 0.717) is 19.5 Å². The molecule has 29 heavy (non-hydrogen) atoms. The van der Waals surface area contributed by atoms with Crippen molar-refractivity contribution in [2.45, 2.75) is 71.5 Å². The van der Waals surface area contributed by atoms with Crippen LogP contribution in [0.4, 0.5) is 0 Å². The Morgan fingerprint density at radius 1 is 1.14 bits per heavy atom. The lowest BCUT2D eigenvalue weighted by Crippen LogP contribution is -2.35. The predicted octanol–water partition coefficient (Wildman–Crippen LogP) is 1.56. The number of nitrogens with one attached hydrogen (secondary N) is 2. The number of nitrogens with two attached hydrogens (primary N) is 2. The van der Waals surface area contributed by atoms with E-state index in [0.717, 1.165) is 71.1 Å². The van der Waals surface area contributed by atoms with Crippen molar-refractivity contribution in [1.29, 1.82) is 0 Å². The summed E-state index contributed by atoms with van der Waals surface area (Å²) in [7, 11) is 1.88. The lowest BCUT2D eigenvalue weighted by atomic mass is 10.0. The van der Waals surface area contributed by atoms with Crippen LogP contribution in [0.3, 0.4) is 0 Å². The molecule has 174 valence electrons. The minimum atomic E-state index is -0.543. The van der Waals surface area contributed by atoms with E-state index >= 15 is 0 Å². The number of hydrogen-bond acceptors (Lipinski definition) is 7. The van der Waals surface area contributed by atoms with Crippen LogP contribution < -0.4 is 22.1 Å². The number of unbranched alkanes of at least 4 members (excludes halogenated alkanes) is 3. The van der Waals surface area contributed by atoms with E-state index in [1.165, 1.54) is 6.42 Å². The largest absolute Gasteiger partial charge is 0.354 e. The van der Waals surface area contributed by atoms with Gasteiger partial charge in [-0.2, -0.15) is 0 Å². The molecule has 1 saturated heterocycles. The van der Waals surface area contributed by atoms with Crippen LogP contribution in [0.1, 0.15) is 65.2 Å². The molecule has 1 heterocycles. The number of aldehydes is 1. The van der Waals surface area contributed by atoms with Crippen LogP contribution in [-0.2, 0) is 19.1 Å². The van der Waals surface area contributed by atoms with Crippen LogP contribution in [-0.4, -0.2) is 64.9 Å². The summed E-state index contributed by atoms with van der Waals surface area (Å²) in [5.41, 5.74) is 10.4. The van der Waals surface area contributed by atoms with Gasteiger partial charge in [-0.15, -0.1) is 0 Å². The number of rotatable bonds is 14. The first kappa shape index (κ1) is 30.1. The molecule has 0 aromatic rings. The minimum Gasteiger partial charge on any atom is -0.354 e. The third kappa shape index (κ3) is 20.0. The summed E-state index contributed by atoms with van der Waals surface area (Å²) in [5, 5.41) is 5.54. The van der Waals surface area contributed by atoms with E-state index in [1.54, 1.807) is 0 Å². The fraction of sp³-hybridized carbons (Fsp3) is 0.905. The second-order valence-corrected chi connectivity index (χ2v) is 6.58. The molecular formula is C21H46N4O4. The van der Waals surface area contributed by atoms with Crippen LogP contribution in [0.5, 0.6) is 0 Å². The Bertz CT molecular complexity index is 352. The molecule has 6 N–H and O–H groups in total. The second kappa shape index (κ2) is 25.0. The molecule has 8 heteroatoms. The van der Waals surface area contributed by atoms with Crippen LogP contribution in [0.15, 0.2) is 0 Å². The lowest BCUT2D eigenvalue weighted by molar-refractivity contribution is -0.162. The van der Waals surface area contributed by atoms with Gasteiger partial charge in [0.1, 0.15) is 6.29 Å². The maximum atomic E-state index is 11.6. The molecule has 0 aromatic carbocycles. The fourth-order valence-electron chi connectivity index (χ4n) is 2.61. The molecule has 1 amide bonds. The molecule has 0 radical (unpaired) electrons. The molecule has 0 spiro atoms. The highest BCUT2D eigenvalue weighted by Crippen LogP contribution is 2.15. The zero-order valence-electron chi connectivity index (χ0n) is 18.9. The van der Waals surface area contributed by atoms with E-state index in [9.17, 15) is 9.59 Å². The standard InChI is InChI=1S/C16H30N2O4.C3H10N2.C2H6/c17-9-10-18-16(20)14(13-19)7-3-1-2-5-11-21-15-8-4-6-12-22-15;1-5-3-2-4;1-2/h13-15H,1-12,17H2,(H,18,20);5H,2-4H2,1H3;1-2H3. The van der Waals surface area contributed by atoms with E-state index < -0.39 is 5.92 Å². The van der Waals surface area contributed by atoms with Gasteiger partial charge in [-0.05, 0) is 39.2 Å². The summed E-state index contributed by atoms with van der Waals surface area (Å²) in [4.78, 5) is 22.6. The number of carbonyl (C=O) groups is 2. The van der Waals surface area contributed by atoms with Crippen LogP contribution in [0.2, 0.25) is 0 Å². The molecule has 1 aliphatic rings. The van der Waals surface area contributed by atoms with E-state index in [-0.39, 0.29) is 12.2 Å². The Hall–Kier alpha value is -1.06. The Labute approximate surface area is 177 Å². The molecule has 0 aliphatic carbocycles. The second-order valence-electron chi connectivity index (χ2n) is 6.58. The first-order valence-corrected chi connectivity index (χ1v) is 11.2. The normalized spacial score (nSPS) is 16.5. The highest BCUT2D eigenvalue weighted by Gasteiger charge is 2.16. The predicted molar refractivity (Wildman–Crippen MR) is 119 cm³/mol. The average molecular weight is 419 g/mol. The summed E-state index contributed by atoms with van der Waals surface area (Å²) in [6, 6.07) is 0. The fourth-order valence-corrected chi connectivity index (χ4v) is 2.61. The number of ether oxygens (including phenoxy) is 2. The van der Waals surface area contributed by atoms with Crippen molar-refractivity contribution in [3.05, 3.63) is 0 Å². The third-order valence-corrected chi connectivity index (χ3v) is 4.19. The molecule has 0 bridgehead atoms. The van der Waals surface area contributed by atoms with Gasteiger partial charge in [0.05, 0.1) is 5.92 Å². The maximum Gasteiger partial charge on any atom is 0.230 e. The van der Waals surface area contributed by atoms with Crippen molar-refractivity contribution < 1.29 is 19.1 Å². The quantitative estimate of drug-likeness (QED) is 0.191. The van der Waals surface area contributed by atoms with Crippen molar-refractivity contribution in [1.82, 2.24) is 10.6 Å². The van der Waals surface area contributed by atoms with Crippen LogP contribution in [0, 0.1) is 5.92 Å². The van der Waals surface area contributed by atoms with Crippen molar-refractivity contribution in [2.24, 2.45) is 17.4 Å². The molecule has 1 fully saturated rings. The van der Waals surface area contributed by atoms with Crippen molar-refractivity contribution in [3.63, 3.8) is 0 Å². The summed E-state index contributed by atoms with van der Waals surface area (Å²) in [6.07, 6.45) is 8.55. The first-order chi connectivity index (χ1) is 14.2. The van der Waals surface area contributed by atoms with Crippen LogP contribution in [0.25, 0.3) is 0 Å². The zero-order chi connectivity index (χ0) is 22.2. The van der Waals surface area contributed by atoms with Gasteiger partial charge < -0.3 is 36.4 Å². The summed E-state index contributed by atoms with van der Waals surface area (Å²) in [5.74, 6) is -0.753. The van der Waals surface area contributed by atoms with Crippen LogP contribution >= 0.6 is 0 Å². The van der Waals surface area contributed by atoms with Gasteiger partial charge in [0, 0.05) is 39.4 Å². The van der Waals surface area contributed by atoms with Gasteiger partial charge in [0.2, 0.25) is 5.91 Å². The van der Waals surface area contributed by atoms with Gasteiger partial charge in [-0.1, -0.05) is 33.1 Å². The molecule has 1 aliphatic heterocycles. The Kier molecular flexibility index (Phi) is 26.0. The smallest absolute Gasteiger partial charge is 0.230 e. The summed E-state index contributed by atoms with van der Waals surface area (Å²) in [6.45, 7) is 7.99. The van der Waals surface area contributed by atoms with Gasteiger partial charge in [-0.25, -0.2) is 0 Å². The molecule has 8 nitrogen and oxygen atoms in total. The van der Waals surface area contributed by atoms with Crippen molar-refractivity contribution in [3.8, 4) is 0 Å².